The van der Waals surface area contributed by atoms with Gasteiger partial charge in [-0.25, -0.2) is 4.57 Å². The van der Waals surface area contributed by atoms with Crippen molar-refractivity contribution in [2.75, 3.05) is 0 Å². The molecule has 2 aromatic heterocycles. The first-order valence-electron chi connectivity index (χ1n) is 12.4. The molecule has 0 spiro atoms. The summed E-state index contributed by atoms with van der Waals surface area (Å²) in [6.45, 7) is 5.38. The van der Waals surface area contributed by atoms with Gasteiger partial charge in [-0.1, -0.05) is 39.0 Å². The number of fused-ring (bicyclic) bond motifs is 8. The lowest BCUT2D eigenvalue weighted by Crippen LogP contribution is -2.29. The number of benzene rings is 3. The standard InChI is InChI=1S/C27H28NO/c1-16-12-22-25-20(10-11-23-21(25)13-18(29-23)14-27(3,4)5)19-9-7-8-17(2)24(19)26(22)28(6)15-16/h7-13,15H,14H2,1-6H3/q+1/i1D3,14D2. The molecular weight excluding hydrogens is 354 g/mol. The van der Waals surface area contributed by atoms with Crippen molar-refractivity contribution in [2.24, 2.45) is 12.5 Å². The number of furan rings is 1. The molecule has 5 aromatic rings. The Kier molecular flexibility index (Phi) is 2.80. The number of aromatic nitrogens is 1. The van der Waals surface area contributed by atoms with Crippen LogP contribution in [-0.2, 0) is 13.4 Å². The van der Waals surface area contributed by atoms with E-state index in [4.69, 9.17) is 11.3 Å². The summed E-state index contributed by atoms with van der Waals surface area (Å²) in [4.78, 5) is 0. The molecule has 2 heteroatoms. The van der Waals surface area contributed by atoms with E-state index < -0.39 is 18.6 Å². The molecule has 0 aliphatic rings. The predicted octanol–water partition coefficient (Wildman–Crippen LogP) is 6.92. The van der Waals surface area contributed by atoms with Crippen molar-refractivity contribution in [3.63, 3.8) is 0 Å². The molecule has 2 heterocycles. The normalized spacial score (nSPS) is 16.1. The van der Waals surface area contributed by atoms with Crippen LogP contribution in [0.1, 0.15) is 44.5 Å². The highest BCUT2D eigenvalue weighted by molar-refractivity contribution is 6.30. The molecule has 0 saturated carbocycles. The van der Waals surface area contributed by atoms with E-state index in [9.17, 15) is 0 Å². The summed E-state index contributed by atoms with van der Waals surface area (Å²) in [6.07, 6.45) is 0.00230. The zero-order chi connectivity index (χ0) is 24.8. The predicted molar refractivity (Wildman–Crippen MR) is 123 cm³/mol. The van der Waals surface area contributed by atoms with Crippen molar-refractivity contribution >= 4 is 43.4 Å². The molecule has 0 N–H and O–H groups in total. The largest absolute Gasteiger partial charge is 0.461 e. The van der Waals surface area contributed by atoms with Crippen LogP contribution in [0.4, 0.5) is 0 Å². The fourth-order valence-electron chi connectivity index (χ4n) is 4.49. The topological polar surface area (TPSA) is 17.0 Å². The van der Waals surface area contributed by atoms with E-state index in [1.165, 1.54) is 0 Å². The third kappa shape index (κ3) is 2.81. The van der Waals surface area contributed by atoms with Gasteiger partial charge in [-0.15, -0.1) is 0 Å². The summed E-state index contributed by atoms with van der Waals surface area (Å²) in [6, 6.07) is 13.6. The van der Waals surface area contributed by atoms with Gasteiger partial charge in [0.25, 0.3) is 0 Å². The first-order valence-corrected chi connectivity index (χ1v) is 9.94. The zero-order valence-corrected chi connectivity index (χ0v) is 17.5. The van der Waals surface area contributed by atoms with E-state index in [2.05, 4.69) is 19.1 Å². The molecule has 3 aromatic carbocycles. The number of pyridine rings is 1. The van der Waals surface area contributed by atoms with Crippen LogP contribution in [0.3, 0.4) is 0 Å². The van der Waals surface area contributed by atoms with Crippen molar-refractivity contribution < 1.29 is 15.8 Å². The molecule has 0 aliphatic heterocycles. The van der Waals surface area contributed by atoms with Crippen molar-refractivity contribution in [2.45, 2.75) is 40.9 Å². The van der Waals surface area contributed by atoms with Gasteiger partial charge in [0.05, 0.1) is 10.8 Å². The van der Waals surface area contributed by atoms with Gasteiger partial charge in [-0.05, 0) is 59.8 Å². The van der Waals surface area contributed by atoms with Crippen LogP contribution in [0, 0.1) is 19.2 Å². The van der Waals surface area contributed by atoms with Gasteiger partial charge in [0, 0.05) is 29.6 Å². The minimum absolute atomic E-state index is 0.266. The van der Waals surface area contributed by atoms with E-state index in [1.807, 2.05) is 50.6 Å². The Morgan fingerprint density at radius 2 is 1.79 bits per heavy atom. The fourth-order valence-corrected chi connectivity index (χ4v) is 4.49. The third-order valence-corrected chi connectivity index (χ3v) is 5.51. The number of aryl methyl sites for hydroxylation is 3. The first-order chi connectivity index (χ1) is 15.7. The van der Waals surface area contributed by atoms with Crippen LogP contribution in [0.5, 0.6) is 0 Å². The highest BCUT2D eigenvalue weighted by Crippen LogP contribution is 2.40. The average Bonchev–Trinajstić information content (AvgIpc) is 3.17. The van der Waals surface area contributed by atoms with Gasteiger partial charge in [0.2, 0.25) is 5.52 Å². The summed E-state index contributed by atoms with van der Waals surface area (Å²) >= 11 is 0. The lowest BCUT2D eigenvalue weighted by atomic mass is 9.90. The number of rotatable bonds is 1. The fraction of sp³-hybridized carbons (Fsp3) is 0.296. The summed E-state index contributed by atoms with van der Waals surface area (Å²) in [7, 11) is 1.88. The molecule has 0 fully saturated rings. The smallest absolute Gasteiger partial charge is 0.221 e. The summed E-state index contributed by atoms with van der Waals surface area (Å²) in [5, 5.41) is 5.64. The lowest BCUT2D eigenvalue weighted by molar-refractivity contribution is -0.644. The molecule has 0 atom stereocenters. The summed E-state index contributed by atoms with van der Waals surface area (Å²) in [5.41, 5.74) is 2.25. The molecule has 5 rings (SSSR count). The number of nitrogens with zero attached hydrogens (tertiary/aromatic N) is 1. The van der Waals surface area contributed by atoms with E-state index in [0.717, 1.165) is 43.4 Å². The molecule has 0 saturated heterocycles. The van der Waals surface area contributed by atoms with Gasteiger partial charge in [-0.3, -0.25) is 0 Å². The van der Waals surface area contributed by atoms with Gasteiger partial charge in [-0.2, -0.15) is 0 Å². The Morgan fingerprint density at radius 1 is 1.00 bits per heavy atom. The monoisotopic (exact) mass is 387 g/mol. The second kappa shape index (κ2) is 6.06. The summed E-state index contributed by atoms with van der Waals surface area (Å²) < 4.78 is 49.5. The lowest BCUT2D eigenvalue weighted by Gasteiger charge is -2.15. The van der Waals surface area contributed by atoms with Gasteiger partial charge < -0.3 is 4.42 Å². The molecule has 146 valence electrons. The van der Waals surface area contributed by atoms with Crippen LogP contribution < -0.4 is 4.57 Å². The SMILES string of the molecule is [2H]C([2H])([2H])c1cc2c3c4cc(C([2H])([2H])C(C)(C)C)oc4ccc3c3cccc(C)c3c2[n+](C)c1. The molecule has 0 radical (unpaired) electrons. The minimum Gasteiger partial charge on any atom is -0.461 e. The second-order valence-corrected chi connectivity index (χ2v) is 8.99. The van der Waals surface area contributed by atoms with Crippen LogP contribution in [0.2, 0.25) is 0 Å². The zero-order valence-electron chi connectivity index (χ0n) is 22.5. The van der Waals surface area contributed by atoms with E-state index >= 15 is 0 Å². The van der Waals surface area contributed by atoms with Crippen LogP contribution in [0.15, 0.2) is 53.1 Å². The Labute approximate surface area is 178 Å². The average molecular weight is 388 g/mol. The molecule has 0 amide bonds. The molecule has 0 aliphatic carbocycles. The Bertz CT molecular complexity index is 1620. The maximum Gasteiger partial charge on any atom is 0.221 e. The summed E-state index contributed by atoms with van der Waals surface area (Å²) in [5.74, 6) is 0.274. The van der Waals surface area contributed by atoms with E-state index in [-0.39, 0.29) is 11.3 Å². The molecule has 2 nitrogen and oxygen atoms in total. The van der Waals surface area contributed by atoms with Crippen LogP contribution >= 0.6 is 0 Å². The van der Waals surface area contributed by atoms with Crippen molar-refractivity contribution in [1.29, 1.82) is 0 Å². The van der Waals surface area contributed by atoms with Crippen molar-refractivity contribution in [3.8, 4) is 0 Å². The van der Waals surface area contributed by atoms with Gasteiger partial charge >= 0.3 is 0 Å². The van der Waals surface area contributed by atoms with Gasteiger partial charge in [0.15, 0.2) is 6.20 Å². The second-order valence-electron chi connectivity index (χ2n) is 8.99. The van der Waals surface area contributed by atoms with Crippen LogP contribution in [0.25, 0.3) is 43.4 Å². The van der Waals surface area contributed by atoms with Gasteiger partial charge in [0.1, 0.15) is 18.4 Å². The van der Waals surface area contributed by atoms with Crippen molar-refractivity contribution in [1.82, 2.24) is 0 Å². The van der Waals surface area contributed by atoms with E-state index in [0.29, 0.717) is 5.58 Å². The quantitative estimate of drug-likeness (QED) is 0.225. The van der Waals surface area contributed by atoms with Crippen LogP contribution in [-0.4, -0.2) is 0 Å². The highest BCUT2D eigenvalue weighted by Gasteiger charge is 2.21. The Hall–Kier alpha value is -2.87. The Balaban J connectivity index is 2.05. The molecule has 0 unspecified atom stereocenters. The minimum atomic E-state index is -2.25. The highest BCUT2D eigenvalue weighted by atomic mass is 16.3. The number of hydrogen-bond acceptors (Lipinski definition) is 1. The van der Waals surface area contributed by atoms with Crippen molar-refractivity contribution in [3.05, 3.63) is 65.5 Å². The van der Waals surface area contributed by atoms with E-state index in [1.54, 1.807) is 18.3 Å². The third-order valence-electron chi connectivity index (χ3n) is 5.51. The first kappa shape index (κ1) is 13.4. The molecule has 0 bridgehead atoms. The maximum atomic E-state index is 8.73. The number of hydrogen-bond donors (Lipinski definition) is 0. The Morgan fingerprint density at radius 3 is 2.55 bits per heavy atom. The maximum absolute atomic E-state index is 8.73. The molecular formula is C27H28NO+. The molecule has 29 heavy (non-hydrogen) atoms.